The fourth-order valence-corrected chi connectivity index (χ4v) is 2.59. The third-order valence-electron chi connectivity index (χ3n) is 3.44. The molecule has 2 aromatic heterocycles. The summed E-state index contributed by atoms with van der Waals surface area (Å²) in [5, 5.41) is 4.16. The van der Waals surface area contributed by atoms with E-state index in [4.69, 9.17) is 11.6 Å². The van der Waals surface area contributed by atoms with Crippen molar-refractivity contribution in [2.75, 3.05) is 6.54 Å². The first-order valence-electron chi connectivity index (χ1n) is 7.10. The molecule has 0 unspecified atom stereocenters. The van der Waals surface area contributed by atoms with E-state index in [2.05, 4.69) is 41.5 Å². The van der Waals surface area contributed by atoms with Gasteiger partial charge in [-0.3, -0.25) is 0 Å². The molecule has 1 aromatic carbocycles. The van der Waals surface area contributed by atoms with Gasteiger partial charge in [0.2, 0.25) is 0 Å². The highest BCUT2D eigenvalue weighted by Crippen LogP contribution is 2.11. The van der Waals surface area contributed by atoms with Gasteiger partial charge in [0.1, 0.15) is 5.65 Å². The molecule has 0 aliphatic heterocycles. The third-order valence-corrected chi connectivity index (χ3v) is 3.67. The van der Waals surface area contributed by atoms with Gasteiger partial charge in [0.25, 0.3) is 0 Å². The molecule has 3 rings (SSSR count). The molecule has 0 atom stereocenters. The zero-order valence-electron chi connectivity index (χ0n) is 12.0. The van der Waals surface area contributed by atoms with Crippen LogP contribution in [0.2, 0.25) is 5.02 Å². The average Bonchev–Trinajstić information content (AvgIpc) is 2.85. The molecular formula is C17H18ClN3. The zero-order chi connectivity index (χ0) is 14.7. The largest absolute Gasteiger partial charge is 0.311 e. The van der Waals surface area contributed by atoms with Gasteiger partial charge >= 0.3 is 0 Å². The standard InChI is InChI=1S/C17H18ClN3/c1-13-3-2-4-14(9-13)7-8-19-10-16-12-21-11-15(18)5-6-17(21)20-16/h2-6,9,11-12,19H,7-8,10H2,1H3. The predicted octanol–water partition coefficient (Wildman–Crippen LogP) is 3.63. The van der Waals surface area contributed by atoms with Gasteiger partial charge in [0, 0.05) is 18.9 Å². The number of hydrogen-bond acceptors (Lipinski definition) is 2. The van der Waals surface area contributed by atoms with E-state index in [1.165, 1.54) is 11.1 Å². The summed E-state index contributed by atoms with van der Waals surface area (Å²) < 4.78 is 1.96. The lowest BCUT2D eigenvalue weighted by Gasteiger charge is -2.04. The Morgan fingerprint density at radius 1 is 1.19 bits per heavy atom. The summed E-state index contributed by atoms with van der Waals surface area (Å²) in [6.07, 6.45) is 4.92. The molecule has 0 amide bonds. The van der Waals surface area contributed by atoms with Crippen LogP contribution in [0.4, 0.5) is 0 Å². The number of imidazole rings is 1. The zero-order valence-corrected chi connectivity index (χ0v) is 12.8. The number of aryl methyl sites for hydroxylation is 1. The van der Waals surface area contributed by atoms with Crippen molar-refractivity contribution in [2.45, 2.75) is 19.9 Å². The molecule has 0 saturated heterocycles. The summed E-state index contributed by atoms with van der Waals surface area (Å²) in [5.41, 5.74) is 4.63. The van der Waals surface area contributed by atoms with E-state index in [1.807, 2.05) is 28.9 Å². The smallest absolute Gasteiger partial charge is 0.137 e. The van der Waals surface area contributed by atoms with Crippen molar-refractivity contribution in [3.05, 3.63) is 70.6 Å². The Bertz CT molecular complexity index is 749. The van der Waals surface area contributed by atoms with Crippen molar-refractivity contribution < 1.29 is 0 Å². The lowest BCUT2D eigenvalue weighted by Crippen LogP contribution is -2.16. The Hall–Kier alpha value is -1.84. The highest BCUT2D eigenvalue weighted by molar-refractivity contribution is 6.30. The molecule has 0 aliphatic carbocycles. The quantitative estimate of drug-likeness (QED) is 0.729. The second kappa shape index (κ2) is 6.29. The monoisotopic (exact) mass is 299 g/mol. The van der Waals surface area contributed by atoms with Crippen LogP contribution in [0.15, 0.2) is 48.8 Å². The van der Waals surface area contributed by atoms with Crippen molar-refractivity contribution in [2.24, 2.45) is 0 Å². The Kier molecular flexibility index (Phi) is 4.23. The molecular weight excluding hydrogens is 282 g/mol. The van der Waals surface area contributed by atoms with E-state index in [0.29, 0.717) is 0 Å². The number of benzene rings is 1. The molecule has 21 heavy (non-hydrogen) atoms. The van der Waals surface area contributed by atoms with Crippen LogP contribution in [0.25, 0.3) is 5.65 Å². The van der Waals surface area contributed by atoms with Crippen LogP contribution < -0.4 is 5.32 Å². The maximum absolute atomic E-state index is 5.97. The summed E-state index contributed by atoms with van der Waals surface area (Å²) in [7, 11) is 0. The lowest BCUT2D eigenvalue weighted by atomic mass is 10.1. The first kappa shape index (κ1) is 14.1. The van der Waals surface area contributed by atoms with Gasteiger partial charge in [0.05, 0.1) is 10.7 Å². The minimum absolute atomic E-state index is 0.721. The van der Waals surface area contributed by atoms with Gasteiger partial charge in [-0.1, -0.05) is 41.4 Å². The van der Waals surface area contributed by atoms with E-state index in [9.17, 15) is 0 Å². The Morgan fingerprint density at radius 2 is 2.10 bits per heavy atom. The first-order valence-corrected chi connectivity index (χ1v) is 7.48. The molecule has 0 fully saturated rings. The first-order chi connectivity index (χ1) is 10.2. The molecule has 1 N–H and O–H groups in total. The number of aromatic nitrogens is 2. The highest BCUT2D eigenvalue weighted by atomic mass is 35.5. The van der Waals surface area contributed by atoms with Crippen LogP contribution in [0.1, 0.15) is 16.8 Å². The number of halogens is 1. The second-order valence-electron chi connectivity index (χ2n) is 5.26. The molecule has 0 aliphatic rings. The van der Waals surface area contributed by atoms with Gasteiger partial charge in [-0.2, -0.15) is 0 Å². The second-order valence-corrected chi connectivity index (χ2v) is 5.70. The van der Waals surface area contributed by atoms with Crippen molar-refractivity contribution in [3.8, 4) is 0 Å². The lowest BCUT2D eigenvalue weighted by molar-refractivity contribution is 0.677. The predicted molar refractivity (Wildman–Crippen MR) is 86.8 cm³/mol. The molecule has 0 radical (unpaired) electrons. The molecule has 4 heteroatoms. The number of hydrogen-bond donors (Lipinski definition) is 1. The van der Waals surface area contributed by atoms with E-state index >= 15 is 0 Å². The van der Waals surface area contributed by atoms with Gasteiger partial charge in [-0.05, 0) is 37.6 Å². The van der Waals surface area contributed by atoms with E-state index in [0.717, 1.165) is 35.9 Å². The summed E-state index contributed by atoms with van der Waals surface area (Å²) in [4.78, 5) is 4.55. The summed E-state index contributed by atoms with van der Waals surface area (Å²) in [6.45, 7) is 3.84. The maximum atomic E-state index is 5.97. The molecule has 2 heterocycles. The molecule has 0 spiro atoms. The number of pyridine rings is 1. The van der Waals surface area contributed by atoms with Crippen LogP contribution >= 0.6 is 11.6 Å². The van der Waals surface area contributed by atoms with Gasteiger partial charge in [0.15, 0.2) is 0 Å². The van der Waals surface area contributed by atoms with Gasteiger partial charge < -0.3 is 9.72 Å². The van der Waals surface area contributed by atoms with Crippen LogP contribution in [0, 0.1) is 6.92 Å². The van der Waals surface area contributed by atoms with Crippen molar-refractivity contribution >= 4 is 17.2 Å². The van der Waals surface area contributed by atoms with Crippen molar-refractivity contribution in [1.29, 1.82) is 0 Å². The van der Waals surface area contributed by atoms with E-state index in [1.54, 1.807) is 0 Å². The van der Waals surface area contributed by atoms with Crippen molar-refractivity contribution in [1.82, 2.24) is 14.7 Å². The summed E-state index contributed by atoms with van der Waals surface area (Å²) >= 11 is 5.97. The fourth-order valence-electron chi connectivity index (χ4n) is 2.42. The fraction of sp³-hybridized carbons (Fsp3) is 0.235. The van der Waals surface area contributed by atoms with Crippen LogP contribution in [0.5, 0.6) is 0 Å². The molecule has 108 valence electrons. The Labute approximate surface area is 129 Å². The van der Waals surface area contributed by atoms with Crippen LogP contribution in [-0.4, -0.2) is 15.9 Å². The maximum Gasteiger partial charge on any atom is 0.137 e. The Balaban J connectivity index is 1.54. The summed E-state index contributed by atoms with van der Waals surface area (Å²) in [5.74, 6) is 0. The minimum Gasteiger partial charge on any atom is -0.311 e. The Morgan fingerprint density at radius 3 is 2.95 bits per heavy atom. The number of nitrogens with one attached hydrogen (secondary N) is 1. The van der Waals surface area contributed by atoms with E-state index in [-0.39, 0.29) is 0 Å². The molecule has 0 bridgehead atoms. The van der Waals surface area contributed by atoms with Crippen molar-refractivity contribution in [3.63, 3.8) is 0 Å². The third kappa shape index (κ3) is 3.63. The van der Waals surface area contributed by atoms with Gasteiger partial charge in [-0.15, -0.1) is 0 Å². The average molecular weight is 300 g/mol. The minimum atomic E-state index is 0.721. The van der Waals surface area contributed by atoms with Gasteiger partial charge in [-0.25, -0.2) is 4.98 Å². The van der Waals surface area contributed by atoms with Crippen LogP contribution in [-0.2, 0) is 13.0 Å². The number of fused-ring (bicyclic) bond motifs is 1. The molecule has 3 nitrogen and oxygen atoms in total. The molecule has 0 saturated carbocycles. The summed E-state index contributed by atoms with van der Waals surface area (Å²) in [6, 6.07) is 12.4. The topological polar surface area (TPSA) is 29.3 Å². The highest BCUT2D eigenvalue weighted by Gasteiger charge is 2.01. The number of nitrogens with zero attached hydrogens (tertiary/aromatic N) is 2. The van der Waals surface area contributed by atoms with Crippen LogP contribution in [0.3, 0.4) is 0 Å². The SMILES string of the molecule is Cc1cccc(CCNCc2cn3cc(Cl)ccc3n2)c1. The number of rotatable bonds is 5. The normalized spacial score (nSPS) is 11.1. The molecule has 3 aromatic rings. The van der Waals surface area contributed by atoms with E-state index < -0.39 is 0 Å².